The van der Waals surface area contributed by atoms with E-state index >= 15 is 0 Å². The molecule has 0 saturated heterocycles. The van der Waals surface area contributed by atoms with Crippen LogP contribution < -0.4 is 56.5 Å². The number of aryl methyl sites for hydroxylation is 1. The number of imidazole rings is 1. The van der Waals surface area contributed by atoms with Crippen LogP contribution in [0.15, 0.2) is 6.33 Å². The molecular weight excluding hydrogens is 159 g/mol. The van der Waals surface area contributed by atoms with Gasteiger partial charge in [-0.05, 0) is 6.92 Å². The predicted molar refractivity (Wildman–Crippen MR) is 27.7 cm³/mol. The van der Waals surface area contributed by atoms with Crippen LogP contribution in [0, 0.1) is 6.92 Å². The molecule has 1 rings (SSSR count). The van der Waals surface area contributed by atoms with E-state index < -0.39 is 5.97 Å². The largest absolute Gasteiger partial charge is 1.00 e. The van der Waals surface area contributed by atoms with Crippen LogP contribution in [0.25, 0.3) is 0 Å². The van der Waals surface area contributed by atoms with Gasteiger partial charge >= 0.3 is 51.4 Å². The van der Waals surface area contributed by atoms with Crippen molar-refractivity contribution in [2.75, 3.05) is 0 Å². The first-order valence-electron chi connectivity index (χ1n) is 2.43. The second-order valence-corrected chi connectivity index (χ2v) is 1.66. The Labute approximate surface area is 100 Å². The van der Waals surface area contributed by atoms with Gasteiger partial charge in [-0.15, -0.1) is 0 Å². The van der Waals surface area contributed by atoms with Gasteiger partial charge in [-0.3, -0.25) is 0 Å². The molecule has 48 valence electrons. The smallest absolute Gasteiger partial charge is 0.543 e. The Morgan fingerprint density at radius 2 is 2.40 bits per heavy atom. The summed E-state index contributed by atoms with van der Waals surface area (Å²) in [6.45, 7) is 1.62. The molecule has 0 amide bonds. The number of H-pyrrole nitrogens is 1. The molecule has 1 N–H and O–H groups in total. The van der Waals surface area contributed by atoms with E-state index in [0.717, 1.165) is 0 Å². The zero-order chi connectivity index (χ0) is 6.85. The average Bonchev–Trinajstić information content (AvgIpc) is 2.13. The molecule has 4 nitrogen and oxygen atoms in total. The van der Waals surface area contributed by atoms with Crippen LogP contribution in [0.1, 0.15) is 16.2 Å². The third kappa shape index (κ3) is 2.17. The van der Waals surface area contributed by atoms with Crippen molar-refractivity contribution in [2.45, 2.75) is 6.92 Å². The van der Waals surface area contributed by atoms with Gasteiger partial charge in [0.05, 0.1) is 12.3 Å². The summed E-state index contributed by atoms with van der Waals surface area (Å²) in [5.74, 6) is -1.24. The quantitative estimate of drug-likeness (QED) is 0.431. The van der Waals surface area contributed by atoms with Crippen molar-refractivity contribution in [3.05, 3.63) is 17.7 Å². The summed E-state index contributed by atoms with van der Waals surface area (Å²) in [5, 5.41) is 10.1. The minimum Gasteiger partial charge on any atom is -0.543 e. The number of rotatable bonds is 1. The summed E-state index contributed by atoms with van der Waals surface area (Å²) < 4.78 is 0. The van der Waals surface area contributed by atoms with E-state index in [1.54, 1.807) is 6.92 Å². The van der Waals surface area contributed by atoms with Gasteiger partial charge in [-0.2, -0.15) is 0 Å². The number of carbonyl (C=O) groups is 1. The Bertz CT molecular complexity index is 233. The second-order valence-electron chi connectivity index (χ2n) is 1.66. The summed E-state index contributed by atoms with van der Waals surface area (Å²) in [7, 11) is 0. The standard InChI is InChI=1S/C5H6N2O2.K/c1-3-4(5(8)9)7-2-6-3;/h2H,1H3,(H,6,7)(H,8,9);/q;+1/p-1. The molecule has 0 atom stereocenters. The van der Waals surface area contributed by atoms with Gasteiger partial charge in [0.1, 0.15) is 5.69 Å². The summed E-state index contributed by atoms with van der Waals surface area (Å²) >= 11 is 0. The molecule has 1 heterocycles. The SMILES string of the molecule is Cc1[nH]cnc1C(=O)[O-].[K+]. The Kier molecular flexibility index (Phi) is 4.38. The first-order chi connectivity index (χ1) is 4.22. The minimum absolute atomic E-state index is 0. The molecule has 0 aliphatic heterocycles. The maximum Gasteiger partial charge on any atom is 1.00 e. The van der Waals surface area contributed by atoms with E-state index in [2.05, 4.69) is 9.97 Å². The van der Waals surface area contributed by atoms with E-state index in [9.17, 15) is 9.90 Å². The van der Waals surface area contributed by atoms with E-state index in [0.29, 0.717) is 5.69 Å². The molecule has 1 aromatic rings. The van der Waals surface area contributed by atoms with Gasteiger partial charge in [0, 0.05) is 5.69 Å². The predicted octanol–water partition coefficient (Wildman–Crippen LogP) is -3.91. The van der Waals surface area contributed by atoms with Gasteiger partial charge in [0.15, 0.2) is 0 Å². The number of carboxylic acid groups (broad SMARTS) is 1. The summed E-state index contributed by atoms with van der Waals surface area (Å²) in [5.41, 5.74) is 0.505. The van der Waals surface area contributed by atoms with Gasteiger partial charge in [0.2, 0.25) is 0 Å². The average molecular weight is 164 g/mol. The molecule has 10 heavy (non-hydrogen) atoms. The van der Waals surface area contributed by atoms with Crippen molar-refractivity contribution in [3.8, 4) is 0 Å². The van der Waals surface area contributed by atoms with Crippen LogP contribution in [0.4, 0.5) is 0 Å². The molecule has 0 unspecified atom stereocenters. The van der Waals surface area contributed by atoms with Crippen LogP contribution in [0.3, 0.4) is 0 Å². The second kappa shape index (κ2) is 4.25. The number of aromatic carboxylic acids is 1. The Hall–Kier alpha value is 0.316. The van der Waals surface area contributed by atoms with Crippen LogP contribution >= 0.6 is 0 Å². The van der Waals surface area contributed by atoms with Crippen LogP contribution in [0.2, 0.25) is 0 Å². The summed E-state index contributed by atoms with van der Waals surface area (Å²) in [6, 6.07) is 0. The molecule has 0 aromatic carbocycles. The maximum absolute atomic E-state index is 10.1. The molecule has 0 radical (unpaired) electrons. The van der Waals surface area contributed by atoms with Gasteiger partial charge < -0.3 is 14.9 Å². The van der Waals surface area contributed by atoms with Gasteiger partial charge in [0.25, 0.3) is 0 Å². The number of hydrogen-bond acceptors (Lipinski definition) is 3. The normalized spacial score (nSPS) is 8.50. The van der Waals surface area contributed by atoms with E-state index in [4.69, 9.17) is 0 Å². The Morgan fingerprint density at radius 1 is 1.80 bits per heavy atom. The molecule has 0 saturated carbocycles. The topological polar surface area (TPSA) is 68.8 Å². The number of carboxylic acids is 1. The number of aromatic nitrogens is 2. The van der Waals surface area contributed by atoms with Crippen molar-refractivity contribution in [2.24, 2.45) is 0 Å². The monoisotopic (exact) mass is 164 g/mol. The maximum atomic E-state index is 10.1. The number of carbonyl (C=O) groups excluding carboxylic acids is 1. The molecule has 0 fully saturated rings. The number of nitrogens with one attached hydrogen (secondary N) is 1. The summed E-state index contributed by atoms with van der Waals surface area (Å²) in [6.07, 6.45) is 1.32. The molecule has 0 bridgehead atoms. The third-order valence-electron chi connectivity index (χ3n) is 1.02. The minimum atomic E-state index is -1.24. The first-order valence-corrected chi connectivity index (χ1v) is 2.43. The van der Waals surface area contributed by atoms with Crippen molar-refractivity contribution in [1.29, 1.82) is 0 Å². The first kappa shape index (κ1) is 10.3. The van der Waals surface area contributed by atoms with E-state index in [1.165, 1.54) is 6.33 Å². The molecule has 5 heteroatoms. The van der Waals surface area contributed by atoms with Gasteiger partial charge in [-0.1, -0.05) is 0 Å². The number of nitrogens with zero attached hydrogens (tertiary/aromatic N) is 1. The van der Waals surface area contributed by atoms with Crippen LogP contribution in [0.5, 0.6) is 0 Å². The number of aromatic amines is 1. The zero-order valence-electron chi connectivity index (χ0n) is 5.84. The molecule has 0 aliphatic carbocycles. The fourth-order valence-corrected chi connectivity index (χ4v) is 0.565. The van der Waals surface area contributed by atoms with Crippen LogP contribution in [-0.4, -0.2) is 15.9 Å². The van der Waals surface area contributed by atoms with Crippen molar-refractivity contribution in [3.63, 3.8) is 0 Å². The zero-order valence-corrected chi connectivity index (χ0v) is 8.96. The number of hydrogen-bond donors (Lipinski definition) is 1. The summed E-state index contributed by atoms with van der Waals surface area (Å²) in [4.78, 5) is 16.2. The van der Waals surface area contributed by atoms with E-state index in [1.807, 2.05) is 0 Å². The van der Waals surface area contributed by atoms with Crippen LogP contribution in [-0.2, 0) is 0 Å². The van der Waals surface area contributed by atoms with Crippen molar-refractivity contribution in [1.82, 2.24) is 9.97 Å². The fraction of sp³-hybridized carbons (Fsp3) is 0.200. The molecule has 0 aliphatic rings. The van der Waals surface area contributed by atoms with Gasteiger partial charge in [-0.25, -0.2) is 4.98 Å². The fourth-order valence-electron chi connectivity index (χ4n) is 0.565. The molecule has 1 aromatic heterocycles. The molecular formula is C5H5KN2O2. The Morgan fingerprint density at radius 3 is 2.60 bits per heavy atom. The Balaban J connectivity index is 0.000000810. The molecule has 0 spiro atoms. The third-order valence-corrected chi connectivity index (χ3v) is 1.02. The van der Waals surface area contributed by atoms with Crippen molar-refractivity contribution < 1.29 is 61.3 Å². The van der Waals surface area contributed by atoms with E-state index in [-0.39, 0.29) is 57.1 Å². The van der Waals surface area contributed by atoms with Crippen molar-refractivity contribution >= 4 is 5.97 Å².